The monoisotopic (exact) mass is 428 g/mol. The van der Waals surface area contributed by atoms with E-state index in [4.69, 9.17) is 0 Å². The highest BCUT2D eigenvalue weighted by Crippen LogP contribution is 2.34. The average Bonchev–Trinajstić information content (AvgIpc) is 2.73. The second-order valence-corrected chi connectivity index (χ2v) is 6.38. The Labute approximate surface area is 174 Å². The molecule has 0 fully saturated rings. The number of carboxylic acids is 1. The number of hydrogen-bond acceptors (Lipinski definition) is 3. The topological polar surface area (TPSA) is 95.5 Å². The molecule has 3 N–H and O–H groups in total. The molecule has 31 heavy (non-hydrogen) atoms. The lowest BCUT2D eigenvalue weighted by Crippen LogP contribution is -2.18. The Kier molecular flexibility index (Phi) is 6.05. The molecule has 3 aromatic carbocycles. The van der Waals surface area contributed by atoms with E-state index in [-0.39, 0.29) is 22.4 Å². The van der Waals surface area contributed by atoms with Crippen molar-refractivity contribution in [3.63, 3.8) is 0 Å². The second-order valence-electron chi connectivity index (χ2n) is 6.38. The summed E-state index contributed by atoms with van der Waals surface area (Å²) in [6.45, 7) is 0. The molecule has 0 saturated carbocycles. The third-order valence-electron chi connectivity index (χ3n) is 4.27. The summed E-state index contributed by atoms with van der Waals surface area (Å²) >= 11 is 0. The van der Waals surface area contributed by atoms with Gasteiger partial charge < -0.3 is 15.7 Å². The maximum absolute atomic E-state index is 13.1. The molecule has 2 amide bonds. The van der Waals surface area contributed by atoms with Crippen molar-refractivity contribution in [1.29, 1.82) is 0 Å². The zero-order chi connectivity index (χ0) is 22.6. The number of carbonyl (C=O) groups excluding carboxylic acids is 2. The third kappa shape index (κ3) is 5.08. The Balaban J connectivity index is 1.81. The number of halogens is 3. The number of aromatic carboxylic acids is 1. The van der Waals surface area contributed by atoms with Crippen LogP contribution in [0.5, 0.6) is 0 Å². The first kappa shape index (κ1) is 21.6. The van der Waals surface area contributed by atoms with Gasteiger partial charge in [-0.1, -0.05) is 30.3 Å². The fourth-order valence-electron chi connectivity index (χ4n) is 2.84. The maximum Gasteiger partial charge on any atom is 0.418 e. The van der Waals surface area contributed by atoms with Crippen molar-refractivity contribution < 1.29 is 32.7 Å². The van der Waals surface area contributed by atoms with Crippen molar-refractivity contribution in [2.45, 2.75) is 6.18 Å². The highest BCUT2D eigenvalue weighted by Gasteiger charge is 2.33. The number of benzene rings is 3. The predicted octanol–water partition coefficient (Wildman–Crippen LogP) is 4.91. The Bertz CT molecular complexity index is 1160. The molecular weight excluding hydrogens is 413 g/mol. The molecule has 0 bridgehead atoms. The van der Waals surface area contributed by atoms with Crippen molar-refractivity contribution in [3.05, 3.63) is 95.1 Å². The molecule has 0 saturated heterocycles. The summed E-state index contributed by atoms with van der Waals surface area (Å²) in [5, 5.41) is 13.9. The predicted molar refractivity (Wildman–Crippen MR) is 107 cm³/mol. The molecule has 0 heterocycles. The Hall–Kier alpha value is -4.14. The Morgan fingerprint density at radius 2 is 1.39 bits per heavy atom. The molecule has 0 aromatic heterocycles. The number of nitrogens with one attached hydrogen (secondary N) is 2. The van der Waals surface area contributed by atoms with E-state index >= 15 is 0 Å². The van der Waals surface area contributed by atoms with E-state index in [0.717, 1.165) is 12.1 Å². The number of anilines is 2. The van der Waals surface area contributed by atoms with E-state index in [0.29, 0.717) is 0 Å². The molecule has 0 radical (unpaired) electrons. The lowest BCUT2D eigenvalue weighted by molar-refractivity contribution is -0.136. The quantitative estimate of drug-likeness (QED) is 0.538. The molecular formula is C22H15F3N2O4. The van der Waals surface area contributed by atoms with Crippen LogP contribution in [-0.4, -0.2) is 22.9 Å². The summed E-state index contributed by atoms with van der Waals surface area (Å²) in [4.78, 5) is 36.2. The molecule has 0 aliphatic heterocycles. The van der Waals surface area contributed by atoms with E-state index in [1.54, 1.807) is 0 Å². The van der Waals surface area contributed by atoms with Crippen LogP contribution in [0.25, 0.3) is 0 Å². The SMILES string of the molecule is O=C(Nc1ccccc1C(F)(F)F)c1cccc(NC(=O)c2ccccc2C(=O)O)c1. The molecule has 6 nitrogen and oxygen atoms in total. The fourth-order valence-corrected chi connectivity index (χ4v) is 2.84. The first-order valence-electron chi connectivity index (χ1n) is 8.88. The Morgan fingerprint density at radius 1 is 0.742 bits per heavy atom. The minimum Gasteiger partial charge on any atom is -0.478 e. The summed E-state index contributed by atoms with van der Waals surface area (Å²) in [7, 11) is 0. The van der Waals surface area contributed by atoms with Crippen LogP contribution in [0.2, 0.25) is 0 Å². The summed E-state index contributed by atoms with van der Waals surface area (Å²) in [6, 6.07) is 15.7. The van der Waals surface area contributed by atoms with Crippen LogP contribution < -0.4 is 10.6 Å². The number of amides is 2. The van der Waals surface area contributed by atoms with Crippen LogP contribution in [0.3, 0.4) is 0 Å². The zero-order valence-electron chi connectivity index (χ0n) is 15.7. The fraction of sp³-hybridized carbons (Fsp3) is 0.0455. The van der Waals surface area contributed by atoms with Crippen LogP contribution in [0.15, 0.2) is 72.8 Å². The minimum atomic E-state index is -4.64. The third-order valence-corrected chi connectivity index (χ3v) is 4.27. The molecule has 0 aliphatic rings. The zero-order valence-corrected chi connectivity index (χ0v) is 15.7. The Morgan fingerprint density at radius 3 is 2.06 bits per heavy atom. The maximum atomic E-state index is 13.1. The van der Waals surface area contributed by atoms with Crippen LogP contribution in [0.1, 0.15) is 36.6 Å². The van der Waals surface area contributed by atoms with Crippen LogP contribution >= 0.6 is 0 Å². The van der Waals surface area contributed by atoms with Gasteiger partial charge in [-0.15, -0.1) is 0 Å². The van der Waals surface area contributed by atoms with Gasteiger partial charge in [0.1, 0.15) is 0 Å². The first-order valence-corrected chi connectivity index (χ1v) is 8.88. The highest BCUT2D eigenvalue weighted by atomic mass is 19.4. The van der Waals surface area contributed by atoms with Gasteiger partial charge in [-0.25, -0.2) is 4.79 Å². The van der Waals surface area contributed by atoms with Gasteiger partial charge in [0, 0.05) is 11.3 Å². The van der Waals surface area contributed by atoms with Crippen LogP contribution in [0.4, 0.5) is 24.5 Å². The van der Waals surface area contributed by atoms with Gasteiger partial charge in [0.2, 0.25) is 0 Å². The number of alkyl halides is 3. The van der Waals surface area contributed by atoms with Gasteiger partial charge in [0.05, 0.1) is 22.4 Å². The second kappa shape index (κ2) is 8.70. The van der Waals surface area contributed by atoms with E-state index in [1.165, 1.54) is 60.7 Å². The molecule has 3 aromatic rings. The molecule has 0 spiro atoms. The summed E-state index contributed by atoms with van der Waals surface area (Å²) in [5.41, 5.74) is -1.49. The number of rotatable bonds is 5. The van der Waals surface area contributed by atoms with Crippen LogP contribution in [-0.2, 0) is 6.18 Å². The number of carbonyl (C=O) groups is 3. The average molecular weight is 428 g/mol. The first-order chi connectivity index (χ1) is 14.7. The lowest BCUT2D eigenvalue weighted by atomic mass is 10.1. The van der Waals surface area contributed by atoms with E-state index < -0.39 is 35.2 Å². The van der Waals surface area contributed by atoms with Gasteiger partial charge >= 0.3 is 12.1 Å². The van der Waals surface area contributed by atoms with Crippen molar-refractivity contribution in [3.8, 4) is 0 Å². The number of hydrogen-bond donors (Lipinski definition) is 3. The molecule has 158 valence electrons. The summed E-state index contributed by atoms with van der Waals surface area (Å²) in [6.07, 6.45) is -4.64. The largest absolute Gasteiger partial charge is 0.478 e. The standard InChI is InChI=1S/C22H15F3N2O4/c23-22(24,25)17-10-3-4-11-18(17)27-19(28)13-6-5-7-14(12-13)26-20(29)15-8-1-2-9-16(15)21(30)31/h1-12H,(H,26,29)(H,27,28)(H,30,31). The smallest absolute Gasteiger partial charge is 0.418 e. The van der Waals surface area contributed by atoms with Gasteiger partial charge in [-0.05, 0) is 42.5 Å². The molecule has 9 heteroatoms. The number of para-hydroxylation sites is 1. The highest BCUT2D eigenvalue weighted by molar-refractivity contribution is 6.11. The molecule has 0 aliphatic carbocycles. The van der Waals surface area contributed by atoms with Gasteiger partial charge in [0.25, 0.3) is 11.8 Å². The van der Waals surface area contributed by atoms with Crippen molar-refractivity contribution >= 4 is 29.2 Å². The van der Waals surface area contributed by atoms with Gasteiger partial charge in [0.15, 0.2) is 0 Å². The lowest BCUT2D eigenvalue weighted by Gasteiger charge is -2.14. The van der Waals surface area contributed by atoms with Gasteiger partial charge in [-0.2, -0.15) is 13.2 Å². The number of carboxylic acid groups (broad SMARTS) is 1. The van der Waals surface area contributed by atoms with Crippen LogP contribution in [0, 0.1) is 0 Å². The van der Waals surface area contributed by atoms with Crippen molar-refractivity contribution in [1.82, 2.24) is 0 Å². The molecule has 0 atom stereocenters. The molecule has 0 unspecified atom stereocenters. The minimum absolute atomic E-state index is 0.00120. The van der Waals surface area contributed by atoms with Gasteiger partial charge in [-0.3, -0.25) is 9.59 Å². The van der Waals surface area contributed by atoms with E-state index in [1.807, 2.05) is 0 Å². The van der Waals surface area contributed by atoms with E-state index in [2.05, 4.69) is 10.6 Å². The normalized spacial score (nSPS) is 10.9. The van der Waals surface area contributed by atoms with E-state index in [9.17, 15) is 32.7 Å². The molecule has 3 rings (SSSR count). The summed E-state index contributed by atoms with van der Waals surface area (Å²) in [5.74, 6) is -2.79. The van der Waals surface area contributed by atoms with Crippen molar-refractivity contribution in [2.75, 3.05) is 10.6 Å². The van der Waals surface area contributed by atoms with Crippen molar-refractivity contribution in [2.24, 2.45) is 0 Å². The summed E-state index contributed by atoms with van der Waals surface area (Å²) < 4.78 is 39.4.